The SMILES string of the molecule is CC[C@H]1C(=O)N(C)c2cnc(Nc3ccc(C(=O)NCCCC4CCN(c5ccc(C(=O)NC6CCC(Oc7ccc(C#N)c(Cl)c7)CC6)nn5)CC4)cc3OC)nc2N1C1CCCC1. The minimum absolute atomic E-state index is 0.0190. The summed E-state index contributed by atoms with van der Waals surface area (Å²) >= 11 is 6.16. The van der Waals surface area contributed by atoms with Gasteiger partial charge in [0.15, 0.2) is 17.3 Å². The number of halogens is 1. The van der Waals surface area contributed by atoms with Gasteiger partial charge < -0.3 is 40.1 Å². The minimum Gasteiger partial charge on any atom is -0.495 e. The summed E-state index contributed by atoms with van der Waals surface area (Å²) in [7, 11) is 3.36. The molecule has 16 nitrogen and oxygen atoms in total. The van der Waals surface area contributed by atoms with Crippen LogP contribution in [0.2, 0.25) is 5.02 Å². The second kappa shape index (κ2) is 20.7. The Hall–Kier alpha value is -6.21. The van der Waals surface area contributed by atoms with E-state index in [9.17, 15) is 14.4 Å². The zero-order valence-electron chi connectivity index (χ0n) is 37.4. The molecule has 65 heavy (non-hydrogen) atoms. The van der Waals surface area contributed by atoms with Crippen molar-refractivity contribution in [2.75, 3.05) is 53.8 Å². The molecule has 3 fully saturated rings. The van der Waals surface area contributed by atoms with Gasteiger partial charge in [0.2, 0.25) is 11.9 Å². The number of likely N-dealkylation sites (N-methyl/N-ethyl adjacent to an activating group) is 1. The number of hydrogen-bond acceptors (Lipinski definition) is 13. The van der Waals surface area contributed by atoms with E-state index in [0.717, 1.165) is 102 Å². The van der Waals surface area contributed by atoms with E-state index in [4.69, 9.17) is 31.3 Å². The lowest BCUT2D eigenvalue weighted by molar-refractivity contribution is -0.120. The summed E-state index contributed by atoms with van der Waals surface area (Å²) < 4.78 is 11.8. The van der Waals surface area contributed by atoms with Crippen LogP contribution in [0.5, 0.6) is 11.5 Å². The largest absolute Gasteiger partial charge is 0.495 e. The number of nitrogens with one attached hydrogen (secondary N) is 3. The van der Waals surface area contributed by atoms with Crippen molar-refractivity contribution in [2.45, 2.75) is 115 Å². The average Bonchev–Trinajstić information content (AvgIpc) is 3.87. The van der Waals surface area contributed by atoms with Crippen molar-refractivity contribution >= 4 is 58.3 Å². The van der Waals surface area contributed by atoms with Gasteiger partial charge in [0.05, 0.1) is 35.7 Å². The van der Waals surface area contributed by atoms with Crippen molar-refractivity contribution in [2.24, 2.45) is 5.92 Å². The molecular formula is C48H58ClN11O5. The smallest absolute Gasteiger partial charge is 0.272 e. The minimum atomic E-state index is -0.261. The number of nitriles is 1. The van der Waals surface area contributed by atoms with Gasteiger partial charge in [0.1, 0.15) is 29.3 Å². The molecular weight excluding hydrogens is 846 g/mol. The highest BCUT2D eigenvalue weighted by Gasteiger charge is 2.41. The van der Waals surface area contributed by atoms with Crippen molar-refractivity contribution in [1.29, 1.82) is 5.26 Å². The molecule has 0 unspecified atom stereocenters. The third kappa shape index (κ3) is 10.5. The van der Waals surface area contributed by atoms with Crippen molar-refractivity contribution in [3.8, 4) is 17.6 Å². The molecule has 2 aromatic carbocycles. The van der Waals surface area contributed by atoms with Crippen LogP contribution in [0.1, 0.15) is 117 Å². The van der Waals surface area contributed by atoms with Gasteiger partial charge in [-0.25, -0.2) is 4.98 Å². The van der Waals surface area contributed by atoms with E-state index in [1.807, 2.05) is 13.0 Å². The number of fused-ring (bicyclic) bond motifs is 1. The summed E-state index contributed by atoms with van der Waals surface area (Å²) in [5.41, 5.74) is 2.55. The number of carbonyl (C=O) groups is 3. The highest BCUT2D eigenvalue weighted by molar-refractivity contribution is 6.31. The molecule has 17 heteroatoms. The number of piperidine rings is 1. The lowest BCUT2D eigenvalue weighted by Crippen LogP contribution is -2.55. The Kier molecular flexibility index (Phi) is 14.5. The number of benzene rings is 2. The first-order valence-electron chi connectivity index (χ1n) is 23.0. The first-order chi connectivity index (χ1) is 31.6. The second-order valence-corrected chi connectivity index (χ2v) is 17.9. The highest BCUT2D eigenvalue weighted by atomic mass is 35.5. The molecule has 2 saturated carbocycles. The Morgan fingerprint density at radius 3 is 2.43 bits per heavy atom. The number of nitrogens with zero attached hydrogens (tertiary/aromatic N) is 8. The predicted octanol–water partition coefficient (Wildman–Crippen LogP) is 7.59. The molecule has 4 aliphatic rings. The average molecular weight is 905 g/mol. The van der Waals surface area contributed by atoms with Gasteiger partial charge in [0.25, 0.3) is 11.8 Å². The summed E-state index contributed by atoms with van der Waals surface area (Å²) in [6.07, 6.45) is 13.8. The Morgan fingerprint density at radius 2 is 1.74 bits per heavy atom. The zero-order valence-corrected chi connectivity index (χ0v) is 38.1. The second-order valence-electron chi connectivity index (χ2n) is 17.5. The third-order valence-electron chi connectivity index (χ3n) is 13.4. The maximum Gasteiger partial charge on any atom is 0.272 e. The maximum absolute atomic E-state index is 13.3. The van der Waals surface area contributed by atoms with Crippen LogP contribution < -0.4 is 40.1 Å². The lowest BCUT2D eigenvalue weighted by atomic mass is 9.92. The molecule has 2 aromatic heterocycles. The molecule has 0 spiro atoms. The van der Waals surface area contributed by atoms with Crippen molar-refractivity contribution in [3.63, 3.8) is 0 Å². The first-order valence-corrected chi connectivity index (χ1v) is 23.4. The van der Waals surface area contributed by atoms with Crippen LogP contribution in [0.4, 0.5) is 29.0 Å². The number of carbonyl (C=O) groups excluding carboxylic acids is 3. The van der Waals surface area contributed by atoms with Crippen molar-refractivity contribution < 1.29 is 23.9 Å². The predicted molar refractivity (Wildman–Crippen MR) is 249 cm³/mol. The summed E-state index contributed by atoms with van der Waals surface area (Å²) in [5, 5.41) is 27.6. The molecule has 3 amide bonds. The molecule has 1 atom stereocenters. The van der Waals surface area contributed by atoms with Gasteiger partial charge in [0, 0.05) is 50.4 Å². The van der Waals surface area contributed by atoms with Crippen LogP contribution in [-0.4, -0.2) is 95.9 Å². The van der Waals surface area contributed by atoms with E-state index in [1.54, 1.807) is 67.7 Å². The molecule has 4 aromatic rings. The summed E-state index contributed by atoms with van der Waals surface area (Å²) in [6, 6.07) is 16.1. The third-order valence-corrected chi connectivity index (χ3v) is 13.7. The topological polar surface area (TPSA) is 191 Å². The molecule has 342 valence electrons. The van der Waals surface area contributed by atoms with E-state index in [-0.39, 0.29) is 42.0 Å². The van der Waals surface area contributed by atoms with Crippen LogP contribution in [0.25, 0.3) is 0 Å². The van der Waals surface area contributed by atoms with Crippen LogP contribution in [-0.2, 0) is 4.79 Å². The maximum atomic E-state index is 13.3. The quantitative estimate of drug-likeness (QED) is 0.0990. The number of anilines is 5. The van der Waals surface area contributed by atoms with E-state index in [1.165, 1.54) is 0 Å². The molecule has 2 aliphatic carbocycles. The fraction of sp³-hybridized carbons (Fsp3) is 0.500. The lowest BCUT2D eigenvalue weighted by Gasteiger charge is -2.43. The van der Waals surface area contributed by atoms with E-state index < -0.39 is 0 Å². The number of rotatable bonds is 15. The molecule has 1 saturated heterocycles. The van der Waals surface area contributed by atoms with Gasteiger partial charge >= 0.3 is 0 Å². The number of ether oxygens (including phenoxy) is 2. The Morgan fingerprint density at radius 1 is 0.954 bits per heavy atom. The number of amides is 3. The Labute approximate surface area is 385 Å². The number of methoxy groups -OCH3 is 1. The zero-order chi connectivity index (χ0) is 45.5. The molecule has 0 bridgehead atoms. The van der Waals surface area contributed by atoms with E-state index >= 15 is 0 Å². The number of aromatic nitrogens is 4. The normalized spacial score (nSPS) is 20.2. The summed E-state index contributed by atoms with van der Waals surface area (Å²) in [5.74, 6) is 3.27. The molecule has 0 radical (unpaired) electrons. The molecule has 8 rings (SSSR count). The van der Waals surface area contributed by atoms with Crippen LogP contribution in [0, 0.1) is 17.2 Å². The monoisotopic (exact) mass is 903 g/mol. The number of hydrogen-bond donors (Lipinski definition) is 3. The summed E-state index contributed by atoms with van der Waals surface area (Å²) in [4.78, 5) is 55.1. The van der Waals surface area contributed by atoms with Gasteiger partial charge in [-0.1, -0.05) is 31.4 Å². The van der Waals surface area contributed by atoms with E-state index in [2.05, 4.69) is 47.0 Å². The van der Waals surface area contributed by atoms with Crippen LogP contribution in [0.15, 0.2) is 54.7 Å². The van der Waals surface area contributed by atoms with Crippen molar-refractivity contribution in [3.05, 3.63) is 76.6 Å². The molecule has 2 aliphatic heterocycles. The van der Waals surface area contributed by atoms with Gasteiger partial charge in [-0.3, -0.25) is 14.4 Å². The van der Waals surface area contributed by atoms with Gasteiger partial charge in [-0.15, -0.1) is 10.2 Å². The Bertz CT molecular complexity index is 2370. The van der Waals surface area contributed by atoms with Crippen LogP contribution in [0.3, 0.4) is 0 Å². The Balaban J connectivity index is 0.752. The molecule has 4 heterocycles. The van der Waals surface area contributed by atoms with Gasteiger partial charge in [-0.2, -0.15) is 10.2 Å². The fourth-order valence-electron chi connectivity index (χ4n) is 9.70. The molecule has 3 N–H and O–H groups in total. The fourth-order valence-corrected chi connectivity index (χ4v) is 9.91. The van der Waals surface area contributed by atoms with E-state index in [0.29, 0.717) is 69.5 Å². The first kappa shape index (κ1) is 45.4. The standard InChI is InChI=1S/C48H58ClN11O5/c1-4-40-47(63)58(2)41-29-52-48(55-44(41)60(40)34-9-5-6-10-34)54-38-18-12-31(26-42(38)64-3)45(61)51-23-7-8-30-21-24-59(25-22-30)43-20-19-39(56-57-43)46(62)53-33-13-16-35(17-14-33)65-36-15-11-32(28-50)37(49)27-36/h11-12,15,18-20,26-27,29-30,33-35,40H,4-10,13-14,16-17,21-25H2,1-3H3,(H,51,61)(H,53,62)(H,52,54,55)/t33?,35?,40-/m0/s1. The van der Waals surface area contributed by atoms with Gasteiger partial charge in [-0.05, 0) is 119 Å². The van der Waals surface area contributed by atoms with Crippen LogP contribution >= 0.6 is 11.6 Å². The van der Waals surface area contributed by atoms with Crippen molar-refractivity contribution in [1.82, 2.24) is 30.8 Å². The highest BCUT2D eigenvalue weighted by Crippen LogP contribution is 2.40. The summed E-state index contributed by atoms with van der Waals surface area (Å²) in [6.45, 7) is 4.31.